The first-order chi connectivity index (χ1) is 14.9. The lowest BCUT2D eigenvalue weighted by atomic mass is 9.49. The van der Waals surface area contributed by atoms with Gasteiger partial charge in [-0.25, -0.2) is 19.3 Å². The molecule has 6 radical (unpaired) electrons. The van der Waals surface area contributed by atoms with Gasteiger partial charge in [-0.15, -0.1) is 0 Å². The Balaban J connectivity index is 1.75. The van der Waals surface area contributed by atoms with Crippen LogP contribution >= 0.6 is 11.6 Å². The van der Waals surface area contributed by atoms with Crippen molar-refractivity contribution in [2.75, 3.05) is 0 Å². The topological polar surface area (TPSA) is 56.5 Å². The summed E-state index contributed by atoms with van der Waals surface area (Å²) < 4.78 is 55.1. The molecule has 0 fully saturated rings. The summed E-state index contributed by atoms with van der Waals surface area (Å²) in [5.41, 5.74) is 0.255. The van der Waals surface area contributed by atoms with E-state index in [0.29, 0.717) is 22.9 Å². The van der Waals surface area contributed by atoms with Gasteiger partial charge >= 0.3 is 6.18 Å². The molecule has 1 aromatic carbocycles. The number of rotatable bonds is 4. The number of halogens is 5. The van der Waals surface area contributed by atoms with E-state index in [-0.39, 0.29) is 28.7 Å². The fourth-order valence-electron chi connectivity index (χ4n) is 3.15. The SMILES string of the molecule is [B]C([B])([B])n1cc(C(F)(F)F)nc1-c1ccc(Cc2nc(Cl)nc3cccnc23)c(F)c1. The van der Waals surface area contributed by atoms with Gasteiger partial charge in [-0.1, -0.05) is 17.4 Å². The Kier molecular flexibility index (Phi) is 5.52. The van der Waals surface area contributed by atoms with Gasteiger partial charge in [0.1, 0.15) is 17.2 Å². The standard InChI is InChI=1S/C19H9B3ClF4N5/c20-19(21,22)32-8-14(18(25,26)27)31-16(32)10-4-3-9(11(24)6-10)7-13-15-12(2-1-5-28-15)29-17(23)30-13/h1-6,8H,7H2. The average Bonchev–Trinajstić information content (AvgIpc) is 3.16. The van der Waals surface area contributed by atoms with Crippen molar-refractivity contribution in [3.05, 3.63) is 70.8 Å². The van der Waals surface area contributed by atoms with E-state index < -0.39 is 22.9 Å². The molecule has 0 spiro atoms. The van der Waals surface area contributed by atoms with E-state index >= 15 is 0 Å². The van der Waals surface area contributed by atoms with E-state index in [2.05, 4.69) is 19.9 Å². The molecule has 154 valence electrons. The van der Waals surface area contributed by atoms with Gasteiger partial charge in [0.15, 0.2) is 5.69 Å². The van der Waals surface area contributed by atoms with E-state index in [9.17, 15) is 17.6 Å². The first-order valence-corrected chi connectivity index (χ1v) is 9.41. The summed E-state index contributed by atoms with van der Waals surface area (Å²) in [5, 5.41) is -2.21. The van der Waals surface area contributed by atoms with Crippen LogP contribution in [0.15, 0.2) is 42.7 Å². The minimum absolute atomic E-state index is 0.00354. The molecule has 0 N–H and O–H groups in total. The molecule has 0 saturated carbocycles. The van der Waals surface area contributed by atoms with Gasteiger partial charge in [0.05, 0.1) is 34.7 Å². The highest BCUT2D eigenvalue weighted by Crippen LogP contribution is 2.33. The lowest BCUT2D eigenvalue weighted by Crippen LogP contribution is -2.35. The Labute approximate surface area is 188 Å². The van der Waals surface area contributed by atoms with Crippen molar-refractivity contribution in [3.8, 4) is 11.4 Å². The molecule has 3 heterocycles. The van der Waals surface area contributed by atoms with Crippen molar-refractivity contribution in [1.29, 1.82) is 0 Å². The number of hydrogen-bond donors (Lipinski definition) is 0. The maximum absolute atomic E-state index is 14.9. The molecular formula is C19H9B3ClF4N5. The summed E-state index contributed by atoms with van der Waals surface area (Å²) in [7, 11) is 16.7. The van der Waals surface area contributed by atoms with Crippen LogP contribution in [-0.2, 0) is 17.8 Å². The third-order valence-corrected chi connectivity index (χ3v) is 4.75. The normalized spacial score (nSPS) is 12.4. The summed E-state index contributed by atoms with van der Waals surface area (Å²) in [4.78, 5) is 15.9. The van der Waals surface area contributed by atoms with Crippen LogP contribution in [0.4, 0.5) is 17.6 Å². The summed E-state index contributed by atoms with van der Waals surface area (Å²) in [6.45, 7) is 0. The highest BCUT2D eigenvalue weighted by Gasteiger charge is 2.36. The van der Waals surface area contributed by atoms with Crippen LogP contribution in [0.3, 0.4) is 0 Å². The van der Waals surface area contributed by atoms with Crippen molar-refractivity contribution in [2.45, 2.75) is 17.8 Å². The summed E-state index contributed by atoms with van der Waals surface area (Å²) in [6, 6.07) is 7.14. The van der Waals surface area contributed by atoms with Crippen molar-refractivity contribution >= 4 is 46.2 Å². The van der Waals surface area contributed by atoms with Crippen LogP contribution in [0.1, 0.15) is 17.0 Å². The van der Waals surface area contributed by atoms with E-state index in [1.807, 2.05) is 0 Å². The van der Waals surface area contributed by atoms with Crippen molar-refractivity contribution < 1.29 is 17.6 Å². The van der Waals surface area contributed by atoms with E-state index in [4.69, 9.17) is 35.1 Å². The van der Waals surface area contributed by atoms with Gasteiger partial charge in [0, 0.05) is 24.4 Å². The lowest BCUT2D eigenvalue weighted by Gasteiger charge is -2.25. The highest BCUT2D eigenvalue weighted by atomic mass is 35.5. The second kappa shape index (κ2) is 7.92. The third kappa shape index (κ3) is 4.36. The number of imidazole rings is 1. The number of nitrogens with zero attached hydrogens (tertiary/aromatic N) is 5. The van der Waals surface area contributed by atoms with Crippen LogP contribution in [0.2, 0.25) is 5.28 Å². The third-order valence-electron chi connectivity index (χ3n) is 4.58. The molecule has 13 heteroatoms. The zero-order chi connectivity index (χ0) is 23.3. The predicted molar refractivity (Wildman–Crippen MR) is 113 cm³/mol. The molecule has 5 nitrogen and oxygen atoms in total. The molecular weight excluding hydrogens is 442 g/mol. The Morgan fingerprint density at radius 3 is 2.44 bits per heavy atom. The van der Waals surface area contributed by atoms with Gasteiger partial charge in [0.2, 0.25) is 5.28 Å². The van der Waals surface area contributed by atoms with Crippen molar-refractivity contribution in [1.82, 2.24) is 24.5 Å². The quantitative estimate of drug-likeness (QED) is 0.271. The predicted octanol–water partition coefficient (Wildman–Crippen LogP) is 3.36. The van der Waals surface area contributed by atoms with E-state index in [1.54, 1.807) is 18.3 Å². The van der Waals surface area contributed by atoms with Crippen LogP contribution in [0.5, 0.6) is 0 Å². The molecule has 0 aliphatic rings. The summed E-state index contributed by atoms with van der Waals surface area (Å²) in [6.07, 6.45) is -2.65. The molecule has 0 amide bonds. The number of aromatic nitrogens is 5. The fraction of sp³-hybridized carbons (Fsp3) is 0.158. The fourth-order valence-corrected chi connectivity index (χ4v) is 3.34. The van der Waals surface area contributed by atoms with Gasteiger partial charge < -0.3 is 4.57 Å². The molecule has 4 rings (SSSR count). The van der Waals surface area contributed by atoms with Gasteiger partial charge in [-0.05, 0) is 35.4 Å². The molecule has 0 atom stereocenters. The molecule has 0 aliphatic carbocycles. The molecule has 0 unspecified atom stereocenters. The maximum Gasteiger partial charge on any atom is 0.434 e. The van der Waals surface area contributed by atoms with Gasteiger partial charge in [-0.2, -0.15) is 13.2 Å². The van der Waals surface area contributed by atoms with Crippen LogP contribution in [0, 0.1) is 5.82 Å². The second-order valence-corrected chi connectivity index (χ2v) is 7.34. The molecule has 0 saturated heterocycles. The Morgan fingerprint density at radius 1 is 1.03 bits per heavy atom. The number of hydrogen-bond acceptors (Lipinski definition) is 4. The Bertz CT molecular complexity index is 1320. The zero-order valence-corrected chi connectivity index (χ0v) is 16.9. The van der Waals surface area contributed by atoms with E-state index in [0.717, 1.165) is 10.6 Å². The smallest absolute Gasteiger partial charge is 0.350 e. The number of fused-ring (bicyclic) bond motifs is 1. The molecule has 32 heavy (non-hydrogen) atoms. The highest BCUT2D eigenvalue weighted by molar-refractivity contribution is 6.56. The van der Waals surface area contributed by atoms with E-state index in [1.165, 1.54) is 12.1 Å². The molecule has 4 aromatic rings. The molecule has 0 bridgehead atoms. The monoisotopic (exact) mass is 451 g/mol. The van der Waals surface area contributed by atoms with Gasteiger partial charge in [0.25, 0.3) is 0 Å². The molecule has 0 aliphatic heterocycles. The second-order valence-electron chi connectivity index (χ2n) is 7.00. The first-order valence-electron chi connectivity index (χ1n) is 9.03. The Morgan fingerprint density at radius 2 is 1.78 bits per heavy atom. The van der Waals surface area contributed by atoms with Crippen LogP contribution in [-0.4, -0.2) is 48.0 Å². The minimum atomic E-state index is -4.77. The number of pyridine rings is 1. The van der Waals surface area contributed by atoms with Crippen LogP contribution < -0.4 is 0 Å². The lowest BCUT2D eigenvalue weighted by molar-refractivity contribution is -0.140. The van der Waals surface area contributed by atoms with Gasteiger partial charge in [-0.3, -0.25) is 4.98 Å². The first kappa shape index (κ1) is 22.3. The average molecular weight is 451 g/mol. The zero-order valence-electron chi connectivity index (χ0n) is 16.1. The minimum Gasteiger partial charge on any atom is -0.350 e. The maximum atomic E-state index is 14.9. The van der Waals surface area contributed by atoms with Crippen molar-refractivity contribution in [3.63, 3.8) is 0 Å². The molecule has 3 aromatic heterocycles. The summed E-state index contributed by atoms with van der Waals surface area (Å²) in [5.74, 6) is -1.06. The van der Waals surface area contributed by atoms with Crippen LogP contribution in [0.25, 0.3) is 22.4 Å². The Hall–Kier alpha value is -2.88. The summed E-state index contributed by atoms with van der Waals surface area (Å²) >= 11 is 5.95. The number of alkyl halides is 3. The van der Waals surface area contributed by atoms with Crippen molar-refractivity contribution in [2.24, 2.45) is 0 Å². The largest absolute Gasteiger partial charge is 0.434 e. The number of benzene rings is 1.